The molecule has 9 heteroatoms. The fraction of sp³-hybridized carbons (Fsp3) is 0.320. The number of nitrogens with zero attached hydrogens (tertiary/aromatic N) is 4. The quantitative estimate of drug-likeness (QED) is 0.437. The van der Waals surface area contributed by atoms with Gasteiger partial charge in [-0.2, -0.15) is 0 Å². The number of likely N-dealkylation sites (N-methyl/N-ethyl adjacent to an activating group) is 1. The second-order valence-electron chi connectivity index (χ2n) is 7.80. The van der Waals surface area contributed by atoms with Gasteiger partial charge in [0.25, 0.3) is 5.56 Å². The van der Waals surface area contributed by atoms with Gasteiger partial charge in [0, 0.05) is 31.9 Å². The summed E-state index contributed by atoms with van der Waals surface area (Å²) in [7, 11) is 3.79. The van der Waals surface area contributed by atoms with E-state index in [1.165, 1.54) is 16.8 Å². The van der Waals surface area contributed by atoms with Crippen molar-refractivity contribution >= 4 is 29.6 Å². The maximum absolute atomic E-state index is 12.0. The van der Waals surface area contributed by atoms with Crippen LogP contribution < -0.4 is 21.1 Å². The Hall–Kier alpha value is -3.30. The molecule has 2 aliphatic rings. The van der Waals surface area contributed by atoms with Crippen molar-refractivity contribution in [3.05, 3.63) is 77.2 Å². The molecule has 0 amide bonds. The Morgan fingerprint density at radius 1 is 1.21 bits per heavy atom. The summed E-state index contributed by atoms with van der Waals surface area (Å²) in [5.41, 5.74) is 2.54. The lowest BCUT2D eigenvalue weighted by molar-refractivity contribution is 0.112. The highest BCUT2D eigenvalue weighted by Gasteiger charge is 2.23. The number of aldehydes is 1. The molecule has 0 aliphatic carbocycles. The first-order chi connectivity index (χ1) is 16.5. The van der Waals surface area contributed by atoms with Crippen LogP contribution in [0.3, 0.4) is 0 Å². The number of fused-ring (bicyclic) bond motifs is 1. The molecular weight excluding hydrogens is 448 g/mol. The predicted molar refractivity (Wildman–Crippen MR) is 141 cm³/mol. The molecule has 2 aliphatic heterocycles. The minimum Gasteiger partial charge on any atom is -0.373 e. The summed E-state index contributed by atoms with van der Waals surface area (Å²) in [4.78, 5) is 29.8. The topological polar surface area (TPSA) is 84.2 Å². The minimum atomic E-state index is -0.277. The van der Waals surface area contributed by atoms with Crippen LogP contribution in [0.1, 0.15) is 22.5 Å². The zero-order valence-corrected chi connectivity index (χ0v) is 20.8. The van der Waals surface area contributed by atoms with Crippen LogP contribution >= 0.6 is 11.8 Å². The van der Waals surface area contributed by atoms with Crippen LogP contribution in [0.2, 0.25) is 0 Å². The third-order valence-electron chi connectivity index (χ3n) is 5.95. The first-order valence-electron chi connectivity index (χ1n) is 11.1. The molecular formula is C25H32N6O2S. The third kappa shape index (κ3) is 5.26. The molecule has 2 N–H and O–H groups in total. The van der Waals surface area contributed by atoms with E-state index < -0.39 is 0 Å². The molecule has 1 saturated heterocycles. The summed E-state index contributed by atoms with van der Waals surface area (Å²) in [5, 5.41) is 7.78. The SMILES string of the molecule is C=C.CN[C@H]1CCN(c2ccc3c(n2)SCN3)C1.Cc1c(C=O)c(=O)n(-c2ccccc2)n1C. The van der Waals surface area contributed by atoms with Crippen molar-refractivity contribution in [1.82, 2.24) is 19.7 Å². The molecule has 1 fully saturated rings. The van der Waals surface area contributed by atoms with E-state index in [0.29, 0.717) is 18.0 Å². The van der Waals surface area contributed by atoms with Gasteiger partial charge in [-0.05, 0) is 44.7 Å². The van der Waals surface area contributed by atoms with Gasteiger partial charge in [0.05, 0.1) is 17.3 Å². The number of thioether (sulfide) groups is 1. The lowest BCUT2D eigenvalue weighted by Gasteiger charge is -2.17. The molecule has 0 bridgehead atoms. The zero-order chi connectivity index (χ0) is 24.7. The van der Waals surface area contributed by atoms with Gasteiger partial charge in [-0.3, -0.25) is 14.3 Å². The summed E-state index contributed by atoms with van der Waals surface area (Å²) >= 11 is 1.78. The Bertz CT molecular complexity index is 1170. The van der Waals surface area contributed by atoms with Gasteiger partial charge in [0.1, 0.15) is 16.4 Å². The summed E-state index contributed by atoms with van der Waals surface area (Å²) in [6, 6.07) is 14.1. The highest BCUT2D eigenvalue weighted by molar-refractivity contribution is 7.99. The lowest BCUT2D eigenvalue weighted by atomic mass is 10.3. The molecule has 0 unspecified atom stereocenters. The summed E-state index contributed by atoms with van der Waals surface area (Å²) < 4.78 is 3.17. The number of carbonyl (C=O) groups is 1. The number of aromatic nitrogens is 3. The molecule has 8 nitrogen and oxygen atoms in total. The first kappa shape index (κ1) is 25.3. The summed E-state index contributed by atoms with van der Waals surface area (Å²) in [5.74, 6) is 2.07. The number of hydrogen-bond donors (Lipinski definition) is 2. The summed E-state index contributed by atoms with van der Waals surface area (Å²) in [6.07, 6.45) is 1.82. The average Bonchev–Trinajstić information content (AvgIpc) is 3.60. The van der Waals surface area contributed by atoms with Crippen molar-refractivity contribution in [2.75, 3.05) is 36.2 Å². The fourth-order valence-electron chi connectivity index (χ4n) is 3.96. The Balaban J connectivity index is 0.000000178. The molecule has 1 aromatic carbocycles. The van der Waals surface area contributed by atoms with Crippen LogP contribution in [-0.4, -0.2) is 52.7 Å². The monoisotopic (exact) mass is 480 g/mol. The Kier molecular flexibility index (Phi) is 8.72. The molecule has 0 radical (unpaired) electrons. The van der Waals surface area contributed by atoms with Gasteiger partial charge in [0.2, 0.25) is 0 Å². The Labute approximate surface area is 204 Å². The van der Waals surface area contributed by atoms with Crippen molar-refractivity contribution < 1.29 is 4.79 Å². The number of para-hydroxylation sites is 1. The van der Waals surface area contributed by atoms with E-state index in [4.69, 9.17) is 4.98 Å². The van der Waals surface area contributed by atoms with Crippen LogP contribution in [0, 0.1) is 6.92 Å². The molecule has 5 rings (SSSR count). The van der Waals surface area contributed by atoms with Gasteiger partial charge in [-0.15, -0.1) is 13.2 Å². The van der Waals surface area contributed by atoms with Crippen molar-refractivity contribution in [2.24, 2.45) is 7.05 Å². The molecule has 2 aromatic heterocycles. The number of anilines is 2. The highest BCUT2D eigenvalue weighted by Crippen LogP contribution is 2.33. The average molecular weight is 481 g/mol. The molecule has 0 spiro atoms. The fourth-order valence-corrected chi connectivity index (χ4v) is 4.78. The Morgan fingerprint density at radius 2 is 1.94 bits per heavy atom. The van der Waals surface area contributed by atoms with Gasteiger partial charge < -0.3 is 15.5 Å². The van der Waals surface area contributed by atoms with Crippen LogP contribution in [-0.2, 0) is 7.05 Å². The van der Waals surface area contributed by atoms with E-state index in [1.807, 2.05) is 37.4 Å². The molecule has 180 valence electrons. The van der Waals surface area contributed by atoms with E-state index >= 15 is 0 Å². The number of rotatable bonds is 4. The van der Waals surface area contributed by atoms with Gasteiger partial charge in [-0.1, -0.05) is 30.0 Å². The number of hydrogen-bond acceptors (Lipinski definition) is 7. The van der Waals surface area contributed by atoms with Crippen molar-refractivity contribution in [3.63, 3.8) is 0 Å². The van der Waals surface area contributed by atoms with E-state index in [1.54, 1.807) is 30.4 Å². The summed E-state index contributed by atoms with van der Waals surface area (Å²) in [6.45, 7) is 9.93. The van der Waals surface area contributed by atoms with E-state index in [2.05, 4.69) is 40.8 Å². The molecule has 34 heavy (non-hydrogen) atoms. The number of nitrogens with one attached hydrogen (secondary N) is 2. The maximum atomic E-state index is 12.0. The van der Waals surface area contributed by atoms with E-state index in [9.17, 15) is 9.59 Å². The van der Waals surface area contributed by atoms with Crippen LogP contribution in [0.4, 0.5) is 11.5 Å². The maximum Gasteiger partial charge on any atom is 0.282 e. The number of pyridine rings is 1. The smallest absolute Gasteiger partial charge is 0.282 e. The zero-order valence-electron chi connectivity index (χ0n) is 20.0. The lowest BCUT2D eigenvalue weighted by Crippen LogP contribution is -2.29. The van der Waals surface area contributed by atoms with Gasteiger partial charge >= 0.3 is 0 Å². The van der Waals surface area contributed by atoms with E-state index in [0.717, 1.165) is 35.5 Å². The highest BCUT2D eigenvalue weighted by atomic mass is 32.2. The molecule has 1 atom stereocenters. The van der Waals surface area contributed by atoms with Gasteiger partial charge in [0.15, 0.2) is 6.29 Å². The van der Waals surface area contributed by atoms with Crippen LogP contribution in [0.15, 0.2) is 65.4 Å². The largest absolute Gasteiger partial charge is 0.373 e. The van der Waals surface area contributed by atoms with Gasteiger partial charge in [-0.25, -0.2) is 9.67 Å². The van der Waals surface area contributed by atoms with E-state index in [-0.39, 0.29) is 11.1 Å². The minimum absolute atomic E-state index is 0.214. The van der Waals surface area contributed by atoms with Crippen LogP contribution in [0.25, 0.3) is 5.69 Å². The molecule has 0 saturated carbocycles. The molecule has 3 aromatic rings. The Morgan fingerprint density at radius 3 is 2.56 bits per heavy atom. The third-order valence-corrected chi connectivity index (χ3v) is 6.83. The van der Waals surface area contributed by atoms with Crippen LogP contribution in [0.5, 0.6) is 0 Å². The standard InChI is InChI=1S/C12H12N2O2.C11H16N4S.C2H4/c1-9-11(8-15)12(16)14(13(9)2)10-6-4-3-5-7-10;1-12-8-4-5-15(6-8)10-3-2-9-11(14-10)16-7-13-9;1-2/h3-8H,1-2H3;2-3,8,12-13H,4-7H2,1H3;1-2H2/t;8-;/m.0./s1. The normalized spacial score (nSPS) is 16.0. The first-order valence-corrected chi connectivity index (χ1v) is 12.1. The second-order valence-corrected chi connectivity index (χ2v) is 8.77. The number of benzene rings is 1. The molecule has 4 heterocycles. The van der Waals surface area contributed by atoms with Crippen molar-refractivity contribution in [3.8, 4) is 5.69 Å². The predicted octanol–water partition coefficient (Wildman–Crippen LogP) is 3.45. The van der Waals surface area contributed by atoms with Crippen molar-refractivity contribution in [1.29, 1.82) is 0 Å². The van der Waals surface area contributed by atoms with Crippen molar-refractivity contribution in [2.45, 2.75) is 24.4 Å². The second kappa shape index (κ2) is 11.7. The number of carbonyl (C=O) groups excluding carboxylic acids is 1.